The lowest BCUT2D eigenvalue weighted by Crippen LogP contribution is -2.74. The van der Waals surface area contributed by atoms with E-state index in [1.165, 1.54) is 24.3 Å². The van der Waals surface area contributed by atoms with Crippen molar-refractivity contribution in [2.45, 2.75) is 29.8 Å². The molecule has 2 aromatic rings. The van der Waals surface area contributed by atoms with Gasteiger partial charge in [0.1, 0.15) is 11.1 Å². The summed E-state index contributed by atoms with van der Waals surface area (Å²) in [7, 11) is 0. The highest BCUT2D eigenvalue weighted by Gasteiger charge is 2.78. The molecule has 1 aromatic heterocycles. The van der Waals surface area contributed by atoms with E-state index in [0.29, 0.717) is 34.3 Å². The van der Waals surface area contributed by atoms with Crippen molar-refractivity contribution < 1.29 is 38.6 Å². The third-order valence-electron chi connectivity index (χ3n) is 7.75. The van der Waals surface area contributed by atoms with Crippen LogP contribution in [0.5, 0.6) is 0 Å². The third kappa shape index (κ3) is 3.79. The highest BCUT2D eigenvalue weighted by Crippen LogP contribution is 2.63. The van der Waals surface area contributed by atoms with E-state index in [2.05, 4.69) is 0 Å². The molecule has 1 fully saturated rings. The van der Waals surface area contributed by atoms with E-state index in [9.17, 15) is 34.2 Å². The molecule has 2 unspecified atom stereocenters. The number of carbonyl (C=O) groups is 5. The molecule has 1 aliphatic heterocycles. The molecule has 8 N–H and O–H groups in total. The Labute approximate surface area is 247 Å². The summed E-state index contributed by atoms with van der Waals surface area (Å²) in [6, 6.07) is 4.38. The van der Waals surface area contributed by atoms with Crippen LogP contribution in [0, 0.1) is 0 Å². The van der Waals surface area contributed by atoms with Crippen LogP contribution >= 0.6 is 23.4 Å². The quantitative estimate of drug-likeness (QED) is 0.290. The normalized spacial score (nSPS) is 25.6. The number of nitrogens with zero attached hydrogens (tertiary/aromatic N) is 3. The van der Waals surface area contributed by atoms with E-state index >= 15 is 4.39 Å². The summed E-state index contributed by atoms with van der Waals surface area (Å²) in [6.45, 7) is 3.67. The lowest BCUT2D eigenvalue weighted by Gasteiger charge is -2.53. The van der Waals surface area contributed by atoms with Crippen LogP contribution in [-0.2, 0) is 15.0 Å². The Kier molecular flexibility index (Phi) is 7.71. The summed E-state index contributed by atoms with van der Waals surface area (Å²) >= 11 is 7.08. The number of alkyl halides is 1. The van der Waals surface area contributed by atoms with Crippen LogP contribution in [0.25, 0.3) is 10.9 Å². The third-order valence-corrected chi connectivity index (χ3v) is 9.60. The fraction of sp³-hybridized carbons (Fsp3) is 0.346. The molecular formula is C26H28ClFN6O7S. The number of fused-ring (bicyclic) bond motifs is 1. The van der Waals surface area contributed by atoms with Gasteiger partial charge in [-0.1, -0.05) is 29.8 Å². The average molecular weight is 623 g/mol. The number of allylic oxidation sites excluding steroid dienone is 1. The Morgan fingerprint density at radius 3 is 2.21 bits per heavy atom. The van der Waals surface area contributed by atoms with E-state index in [0.717, 1.165) is 12.2 Å². The highest BCUT2D eigenvalue weighted by molar-refractivity contribution is 8.01. The zero-order valence-corrected chi connectivity index (χ0v) is 24.0. The van der Waals surface area contributed by atoms with Crippen molar-refractivity contribution >= 4 is 64.2 Å². The highest BCUT2D eigenvalue weighted by atomic mass is 35.5. The molecule has 2 aliphatic rings. The summed E-state index contributed by atoms with van der Waals surface area (Å²) in [6.07, 6.45) is 0.309. The van der Waals surface area contributed by atoms with Crippen LogP contribution in [0.4, 0.5) is 14.0 Å². The summed E-state index contributed by atoms with van der Waals surface area (Å²) in [5, 5.41) is 19.7. The van der Waals surface area contributed by atoms with Gasteiger partial charge in [0.15, 0.2) is 0 Å². The Balaban J connectivity index is 2.37. The van der Waals surface area contributed by atoms with Gasteiger partial charge in [-0.05, 0) is 32.1 Å². The van der Waals surface area contributed by atoms with Gasteiger partial charge in [0.05, 0.1) is 10.5 Å². The number of benzene rings is 1. The van der Waals surface area contributed by atoms with E-state index < -0.39 is 68.7 Å². The number of aromatic nitrogens is 1. The molecule has 1 aromatic carbocycles. The first-order chi connectivity index (χ1) is 19.7. The first-order valence-electron chi connectivity index (χ1n) is 12.6. The number of amides is 4. The number of aliphatic carboxylic acids is 1. The lowest BCUT2D eigenvalue weighted by atomic mass is 9.60. The molecule has 4 amide bonds. The minimum atomic E-state index is -3.70. The van der Waals surface area contributed by atoms with Crippen molar-refractivity contribution in [1.29, 1.82) is 0 Å². The number of thioether (sulfide) groups is 1. The van der Waals surface area contributed by atoms with Crippen molar-refractivity contribution in [3.8, 4) is 0 Å². The maximum atomic E-state index is 18.7. The lowest BCUT2D eigenvalue weighted by molar-refractivity contribution is -0.154. The largest absolute Gasteiger partial charge is 0.479 e. The van der Waals surface area contributed by atoms with Gasteiger partial charge in [-0.2, -0.15) is 0 Å². The second-order valence-corrected chi connectivity index (χ2v) is 11.3. The fourth-order valence-electron chi connectivity index (χ4n) is 6.05. The molecule has 1 aliphatic carbocycles. The van der Waals surface area contributed by atoms with E-state index in [1.807, 2.05) is 0 Å². The molecule has 3 atom stereocenters. The number of carbonyl (C=O) groups excluding carboxylic acids is 3. The Bertz CT molecular complexity index is 1610. The van der Waals surface area contributed by atoms with Gasteiger partial charge in [-0.15, -0.1) is 11.8 Å². The van der Waals surface area contributed by atoms with Crippen LogP contribution in [-0.4, -0.2) is 90.4 Å². The van der Waals surface area contributed by atoms with Crippen molar-refractivity contribution in [3.63, 3.8) is 0 Å². The summed E-state index contributed by atoms with van der Waals surface area (Å²) in [5.74, 6) is -5.04. The van der Waals surface area contributed by atoms with Gasteiger partial charge in [-0.3, -0.25) is 19.1 Å². The Morgan fingerprint density at radius 2 is 1.71 bits per heavy atom. The van der Waals surface area contributed by atoms with Gasteiger partial charge in [-0.25, -0.2) is 18.8 Å². The predicted molar refractivity (Wildman–Crippen MR) is 153 cm³/mol. The van der Waals surface area contributed by atoms with Crippen LogP contribution in [0.3, 0.4) is 0 Å². The number of primary amides is 3. The van der Waals surface area contributed by atoms with Crippen LogP contribution in [0.15, 0.2) is 47.1 Å². The monoisotopic (exact) mass is 622 g/mol. The molecule has 2 heterocycles. The number of rotatable bonds is 8. The number of likely N-dealkylation sites (N-methyl/N-ethyl adjacent to an activating group) is 1. The zero-order chi connectivity index (χ0) is 31.4. The molecule has 0 saturated carbocycles. The van der Waals surface area contributed by atoms with Gasteiger partial charge in [0.25, 0.3) is 5.91 Å². The van der Waals surface area contributed by atoms with Gasteiger partial charge in [0.2, 0.25) is 16.4 Å². The summed E-state index contributed by atoms with van der Waals surface area (Å²) in [5.41, 5.74) is 9.35. The summed E-state index contributed by atoms with van der Waals surface area (Å²) in [4.78, 5) is 64.2. The minimum absolute atomic E-state index is 0.0706. The number of carboxylic acid groups (broad SMARTS) is 2. The molecule has 42 heavy (non-hydrogen) atoms. The van der Waals surface area contributed by atoms with E-state index in [4.69, 9.17) is 28.8 Å². The average Bonchev–Trinajstić information content (AvgIpc) is 3.53. The van der Waals surface area contributed by atoms with Crippen LogP contribution in [0.1, 0.15) is 29.9 Å². The van der Waals surface area contributed by atoms with E-state index in [1.54, 1.807) is 18.7 Å². The molecule has 4 rings (SSSR count). The van der Waals surface area contributed by atoms with Crippen molar-refractivity contribution in [2.24, 2.45) is 17.2 Å². The number of halogens is 2. The second-order valence-electron chi connectivity index (χ2n) is 9.58. The van der Waals surface area contributed by atoms with Crippen LogP contribution < -0.4 is 17.2 Å². The van der Waals surface area contributed by atoms with Crippen molar-refractivity contribution in [3.05, 3.63) is 58.4 Å². The first kappa shape index (κ1) is 30.7. The van der Waals surface area contributed by atoms with Crippen molar-refractivity contribution in [2.75, 3.05) is 25.4 Å². The molecular weight excluding hydrogens is 595 g/mol. The second kappa shape index (κ2) is 10.5. The molecule has 0 bridgehead atoms. The van der Waals surface area contributed by atoms with Gasteiger partial charge >= 0.3 is 18.1 Å². The molecule has 0 spiro atoms. The Hall–Kier alpha value is -4.24. The fourth-order valence-corrected chi connectivity index (χ4v) is 7.99. The molecule has 13 nitrogen and oxygen atoms in total. The maximum Gasteiger partial charge on any atom is 0.409 e. The minimum Gasteiger partial charge on any atom is -0.479 e. The van der Waals surface area contributed by atoms with Gasteiger partial charge < -0.3 is 32.3 Å². The smallest absolute Gasteiger partial charge is 0.409 e. The number of hydrogen-bond donors (Lipinski definition) is 5. The maximum absolute atomic E-state index is 18.7. The topological polar surface area (TPSA) is 215 Å². The molecule has 16 heteroatoms. The number of para-hydroxylation sites is 1. The van der Waals surface area contributed by atoms with Crippen LogP contribution in [0.2, 0.25) is 0 Å². The van der Waals surface area contributed by atoms with E-state index in [-0.39, 0.29) is 22.4 Å². The molecule has 1 saturated heterocycles. The standard InChI is InChI=1S/C26H28ClFN6O7S/c1-3-32(4-2)13-11-16(27)25(28,26(21(37)38)33(23(40)41)9-10-42-26)24(12-13,20(30)36)17-14-7-5-6-8-15(14)34(22(31)39)18(17)19(29)35/h5-8,11-12H,3-4,9-10H2,1-2H3,(H2,29,35)(H2,30,36)(H2,31,39)(H,37,38)(H,40,41)/t24?,25?,26-/m0/s1. The van der Waals surface area contributed by atoms with Gasteiger partial charge in [0, 0.05) is 42.0 Å². The zero-order valence-electron chi connectivity index (χ0n) is 22.5. The Morgan fingerprint density at radius 1 is 1.10 bits per heavy atom. The number of nitrogens with two attached hydrogens (primary N) is 3. The molecule has 224 valence electrons. The number of hydrogen-bond acceptors (Lipinski definition) is 7. The SMILES string of the molecule is CCN(CC)C1=CC(C(N)=O)(c2c(C(N)=O)n(C(N)=O)c3ccccc23)C(F)([C@]2(C(=O)O)SCCN2C(=O)O)C(Cl)=C1. The summed E-state index contributed by atoms with van der Waals surface area (Å²) < 4.78 is 19.4. The first-order valence-corrected chi connectivity index (χ1v) is 14.0. The number of carboxylic acids is 1. The van der Waals surface area contributed by atoms with Crippen molar-refractivity contribution in [1.82, 2.24) is 14.4 Å². The predicted octanol–water partition coefficient (Wildman–Crippen LogP) is 1.97. The molecule has 0 radical (unpaired) electrons.